The molecule has 50 valence electrons. The summed E-state index contributed by atoms with van der Waals surface area (Å²) in [5.74, 6) is 0. The molecular formula is H8MgNO5P. The van der Waals surface area contributed by atoms with Crippen molar-refractivity contribution in [2.75, 3.05) is 0 Å². The first-order valence-electron chi connectivity index (χ1n) is 0.783. The molecule has 0 aliphatic heterocycles. The summed E-state index contributed by atoms with van der Waals surface area (Å²) in [6.45, 7) is 0. The van der Waals surface area contributed by atoms with E-state index in [1.54, 1.807) is 0 Å². The molecule has 0 fully saturated rings. The monoisotopic (exact) mass is 157 g/mol. The van der Waals surface area contributed by atoms with Gasteiger partial charge in [-0.1, -0.05) is 0 Å². The van der Waals surface area contributed by atoms with Crippen LogP contribution < -0.4 is 6.15 Å². The Bertz CT molecular complexity index is 58.6. The van der Waals surface area contributed by atoms with Gasteiger partial charge in [0, 0.05) is 23.1 Å². The average molecular weight is 157 g/mol. The van der Waals surface area contributed by atoms with E-state index in [9.17, 15) is 0 Å². The molecule has 0 aromatic heterocycles. The third-order valence-electron chi connectivity index (χ3n) is 0. The summed E-state index contributed by atoms with van der Waals surface area (Å²) in [6, 6.07) is 0. The van der Waals surface area contributed by atoms with Gasteiger partial charge in [0.25, 0.3) is 0 Å². The Morgan fingerprint density at radius 2 is 1.12 bits per heavy atom. The lowest BCUT2D eigenvalue weighted by molar-refractivity contribution is 0.275. The maximum absolute atomic E-state index is 8.88. The third kappa shape index (κ3) is 360. The van der Waals surface area contributed by atoms with Crippen LogP contribution in [0.4, 0.5) is 0 Å². The van der Waals surface area contributed by atoms with E-state index in [4.69, 9.17) is 19.2 Å². The van der Waals surface area contributed by atoms with E-state index >= 15 is 0 Å². The molecule has 0 aromatic rings. The van der Waals surface area contributed by atoms with Gasteiger partial charge in [-0.05, 0) is 0 Å². The molecule has 0 aromatic carbocycles. The van der Waals surface area contributed by atoms with E-state index in [0.29, 0.717) is 0 Å². The molecule has 0 spiro atoms. The summed E-state index contributed by atoms with van der Waals surface area (Å²) in [7, 11) is -4.64. The largest absolute Gasteiger partial charge is 0.466 e. The molecule has 0 aliphatic rings. The Labute approximate surface area is 62.2 Å². The van der Waals surface area contributed by atoms with E-state index in [1.165, 1.54) is 0 Å². The van der Waals surface area contributed by atoms with Crippen molar-refractivity contribution >= 4 is 30.9 Å². The molecule has 6 nitrogen and oxygen atoms in total. The van der Waals surface area contributed by atoms with Crippen LogP contribution in [0.2, 0.25) is 0 Å². The summed E-state index contributed by atoms with van der Waals surface area (Å²) in [5.41, 5.74) is 0. The number of phosphoric acid groups is 1. The minimum absolute atomic E-state index is 0. The average Bonchev–Trinajstić information content (AvgIpc) is 0.722. The van der Waals surface area contributed by atoms with Crippen LogP contribution in [0, 0.1) is 0 Å². The lowest BCUT2D eigenvalue weighted by atomic mass is 14.0. The molecule has 0 amide bonds. The van der Waals surface area contributed by atoms with Gasteiger partial charge in [-0.3, -0.25) is 0 Å². The smallest absolute Gasteiger partial charge is 0.412 e. The van der Waals surface area contributed by atoms with Gasteiger partial charge in [0.05, 0.1) is 0 Å². The van der Waals surface area contributed by atoms with Crippen LogP contribution >= 0.6 is 7.82 Å². The molecule has 2 radical (unpaired) electrons. The van der Waals surface area contributed by atoms with Gasteiger partial charge in [0.2, 0.25) is 0 Å². The minimum atomic E-state index is -4.64. The molecule has 8 N–H and O–H groups in total. The van der Waals surface area contributed by atoms with Crippen molar-refractivity contribution in [3.8, 4) is 0 Å². The molecular weight excluding hydrogens is 149 g/mol. The van der Waals surface area contributed by atoms with Crippen molar-refractivity contribution in [2.45, 2.75) is 0 Å². The zero-order valence-corrected chi connectivity index (χ0v) is 6.42. The van der Waals surface area contributed by atoms with Gasteiger partial charge in [0.15, 0.2) is 0 Å². The standard InChI is InChI=1S/Mg.H3N.H3O4P.H2O/c;;1-5(2,3)4;/h;1H3;(H3,1,2,3,4);1H2. The van der Waals surface area contributed by atoms with Crippen LogP contribution in [0.1, 0.15) is 0 Å². The highest BCUT2D eigenvalue weighted by atomic mass is 31.2. The first-order chi connectivity index (χ1) is 2.00. The fourth-order valence-electron chi connectivity index (χ4n) is 0. The summed E-state index contributed by atoms with van der Waals surface area (Å²) in [5, 5.41) is 0. The topological polar surface area (TPSA) is 144 Å². The van der Waals surface area contributed by atoms with Gasteiger partial charge in [-0.15, -0.1) is 0 Å². The van der Waals surface area contributed by atoms with Crippen LogP contribution in [-0.2, 0) is 4.57 Å². The fourth-order valence-corrected chi connectivity index (χ4v) is 0. The normalized spacial score (nSPS) is 7.38. The van der Waals surface area contributed by atoms with E-state index < -0.39 is 7.82 Å². The number of hydrogen-bond donors (Lipinski definition) is 4. The van der Waals surface area contributed by atoms with E-state index in [1.807, 2.05) is 0 Å². The highest BCUT2D eigenvalue weighted by Crippen LogP contribution is 2.25. The Balaban J connectivity index is -0.0000000267. The maximum atomic E-state index is 8.88. The van der Waals surface area contributed by atoms with E-state index in [-0.39, 0.29) is 34.7 Å². The SMILES string of the molecule is N.O.O=P(O)(O)O.[Mg]. The van der Waals surface area contributed by atoms with Crippen molar-refractivity contribution in [1.29, 1.82) is 0 Å². The Morgan fingerprint density at radius 3 is 1.12 bits per heavy atom. The predicted octanol–water partition coefficient (Wildman–Crippen LogP) is -1.97. The van der Waals surface area contributed by atoms with Crippen LogP contribution in [-0.4, -0.2) is 43.2 Å². The second-order valence-electron chi connectivity index (χ2n) is 0.513. The van der Waals surface area contributed by atoms with Crippen LogP contribution in [0.25, 0.3) is 0 Å². The molecule has 0 atom stereocenters. The molecule has 0 aliphatic carbocycles. The van der Waals surface area contributed by atoms with Crippen molar-refractivity contribution in [1.82, 2.24) is 6.15 Å². The van der Waals surface area contributed by atoms with Gasteiger partial charge >= 0.3 is 7.82 Å². The first kappa shape index (κ1) is 23.2. The molecule has 0 saturated heterocycles. The second-order valence-corrected chi connectivity index (χ2v) is 1.54. The van der Waals surface area contributed by atoms with Gasteiger partial charge in [0.1, 0.15) is 0 Å². The zero-order valence-electron chi connectivity index (χ0n) is 4.11. The summed E-state index contributed by atoms with van der Waals surface area (Å²) in [6.07, 6.45) is 0. The van der Waals surface area contributed by atoms with Gasteiger partial charge in [-0.2, -0.15) is 0 Å². The molecule has 0 rings (SSSR count). The van der Waals surface area contributed by atoms with Gasteiger partial charge < -0.3 is 26.3 Å². The van der Waals surface area contributed by atoms with E-state index in [2.05, 4.69) is 0 Å². The van der Waals surface area contributed by atoms with Crippen molar-refractivity contribution in [2.24, 2.45) is 0 Å². The molecule has 8 heavy (non-hydrogen) atoms. The molecule has 0 bridgehead atoms. The lowest BCUT2D eigenvalue weighted by Gasteiger charge is -1.82. The molecule has 0 saturated carbocycles. The van der Waals surface area contributed by atoms with Crippen LogP contribution in [0.15, 0.2) is 0 Å². The Hall–Kier alpha value is 0.796. The highest BCUT2D eigenvalue weighted by molar-refractivity contribution is 7.45. The van der Waals surface area contributed by atoms with E-state index in [0.717, 1.165) is 0 Å². The molecule has 0 heterocycles. The second kappa shape index (κ2) is 7.80. The van der Waals surface area contributed by atoms with Crippen LogP contribution in [0.3, 0.4) is 0 Å². The third-order valence-corrected chi connectivity index (χ3v) is 0. The minimum Gasteiger partial charge on any atom is -0.412 e. The lowest BCUT2D eigenvalue weighted by Crippen LogP contribution is -1.66. The Morgan fingerprint density at radius 1 is 1.12 bits per heavy atom. The summed E-state index contributed by atoms with van der Waals surface area (Å²) in [4.78, 5) is 21.6. The quantitative estimate of drug-likeness (QED) is 0.238. The van der Waals surface area contributed by atoms with Crippen molar-refractivity contribution in [3.63, 3.8) is 0 Å². The zero-order chi connectivity index (χ0) is 4.50. The van der Waals surface area contributed by atoms with Gasteiger partial charge in [-0.25, -0.2) is 4.57 Å². The molecule has 8 heteroatoms. The first-order valence-corrected chi connectivity index (χ1v) is 2.35. The van der Waals surface area contributed by atoms with Crippen molar-refractivity contribution in [3.05, 3.63) is 0 Å². The summed E-state index contributed by atoms with van der Waals surface area (Å²) < 4.78 is 8.88. The Kier molecular flexibility index (Phi) is 22.6. The van der Waals surface area contributed by atoms with Crippen molar-refractivity contribution < 1.29 is 24.7 Å². The highest BCUT2D eigenvalue weighted by Gasteiger charge is 2.00. The predicted molar refractivity (Wildman–Crippen MR) is 28.7 cm³/mol. The fraction of sp³-hybridized carbons (Fsp3) is 0. The van der Waals surface area contributed by atoms with Crippen LogP contribution in [0.5, 0.6) is 0 Å². The molecule has 0 unspecified atom stereocenters. The number of rotatable bonds is 0. The summed E-state index contributed by atoms with van der Waals surface area (Å²) >= 11 is 0. The number of hydrogen-bond acceptors (Lipinski definition) is 2. The maximum Gasteiger partial charge on any atom is 0.466 e.